The van der Waals surface area contributed by atoms with Crippen molar-refractivity contribution in [3.05, 3.63) is 0 Å². The molecule has 2 aliphatic rings. The molecule has 0 aliphatic carbocycles. The number of amides is 2. The lowest BCUT2D eigenvalue weighted by atomic mass is 9.95. The van der Waals surface area contributed by atoms with Gasteiger partial charge in [-0.2, -0.15) is 0 Å². The van der Waals surface area contributed by atoms with E-state index >= 15 is 0 Å². The molecule has 2 saturated heterocycles. The summed E-state index contributed by atoms with van der Waals surface area (Å²) >= 11 is 1.94. The number of hydrogen-bond donors (Lipinski definition) is 0. The number of likely N-dealkylation sites (tertiary alicyclic amines) is 1. The number of carbonyl (C=O) groups is 2. The number of piperidine rings is 1. The molecule has 0 unspecified atom stereocenters. The van der Waals surface area contributed by atoms with E-state index in [1.54, 1.807) is 0 Å². The number of rotatable bonds is 7. The molecule has 4 nitrogen and oxygen atoms in total. The van der Waals surface area contributed by atoms with Crippen LogP contribution in [0.15, 0.2) is 0 Å². The van der Waals surface area contributed by atoms with Crippen LogP contribution in [0, 0.1) is 11.8 Å². The number of nitrogens with zero attached hydrogens (tertiary/aromatic N) is 2. The van der Waals surface area contributed by atoms with Crippen molar-refractivity contribution in [2.75, 3.05) is 25.4 Å². The summed E-state index contributed by atoms with van der Waals surface area (Å²) in [5.41, 5.74) is 0. The Bertz CT molecular complexity index is 459. The average Bonchev–Trinajstić information content (AvgIpc) is 2.98. The van der Waals surface area contributed by atoms with Crippen molar-refractivity contribution in [3.8, 4) is 0 Å². The van der Waals surface area contributed by atoms with Gasteiger partial charge >= 0.3 is 0 Å². The van der Waals surface area contributed by atoms with Crippen LogP contribution in [0.2, 0.25) is 0 Å². The Hall–Kier alpha value is -0.710. The standard InChI is InChI=1S/C20H36N2O2S/c1-5-7-8-17(6-2)19(24)21-11-9-20(10-12-21)22(13-14-25-20)18(23)15-16(3)4/h16-17H,5-15H2,1-4H3/t17-/m0/s1. The summed E-state index contributed by atoms with van der Waals surface area (Å²) in [4.78, 5) is 29.6. The van der Waals surface area contributed by atoms with Crippen LogP contribution in [0.5, 0.6) is 0 Å². The molecular weight excluding hydrogens is 332 g/mol. The van der Waals surface area contributed by atoms with Crippen LogP contribution in [0.4, 0.5) is 0 Å². The third-order valence-corrected chi connectivity index (χ3v) is 7.22. The van der Waals surface area contributed by atoms with Gasteiger partial charge in [-0.1, -0.05) is 40.5 Å². The molecule has 2 heterocycles. The van der Waals surface area contributed by atoms with Crippen LogP contribution >= 0.6 is 11.8 Å². The fourth-order valence-corrected chi connectivity index (χ4v) is 5.60. The van der Waals surface area contributed by atoms with E-state index < -0.39 is 0 Å². The molecule has 0 aromatic carbocycles. The first-order valence-corrected chi connectivity index (χ1v) is 11.1. The first-order valence-electron chi connectivity index (χ1n) is 10.2. The lowest BCUT2D eigenvalue weighted by Gasteiger charge is -2.45. The van der Waals surface area contributed by atoms with Crippen molar-refractivity contribution in [2.24, 2.45) is 11.8 Å². The van der Waals surface area contributed by atoms with Crippen molar-refractivity contribution in [1.82, 2.24) is 9.80 Å². The van der Waals surface area contributed by atoms with Crippen molar-refractivity contribution >= 4 is 23.6 Å². The van der Waals surface area contributed by atoms with E-state index in [1.165, 1.54) is 0 Å². The zero-order valence-corrected chi connectivity index (χ0v) is 17.4. The maximum Gasteiger partial charge on any atom is 0.225 e. The molecule has 0 N–H and O–H groups in total. The second kappa shape index (κ2) is 9.29. The van der Waals surface area contributed by atoms with Crippen LogP contribution in [0.25, 0.3) is 0 Å². The highest BCUT2D eigenvalue weighted by Crippen LogP contribution is 2.44. The summed E-state index contributed by atoms with van der Waals surface area (Å²) in [5.74, 6) is 2.26. The van der Waals surface area contributed by atoms with Gasteiger partial charge in [-0.25, -0.2) is 0 Å². The van der Waals surface area contributed by atoms with Crippen LogP contribution < -0.4 is 0 Å². The third kappa shape index (κ3) is 4.93. The minimum Gasteiger partial charge on any atom is -0.342 e. The quantitative estimate of drug-likeness (QED) is 0.678. The van der Waals surface area contributed by atoms with Gasteiger partial charge in [0.15, 0.2) is 0 Å². The summed E-state index contributed by atoms with van der Waals surface area (Å²) in [6.45, 7) is 11.0. The monoisotopic (exact) mass is 368 g/mol. The molecule has 25 heavy (non-hydrogen) atoms. The first-order chi connectivity index (χ1) is 11.9. The highest BCUT2D eigenvalue weighted by Gasteiger charge is 2.46. The molecule has 1 atom stereocenters. The van der Waals surface area contributed by atoms with Crippen LogP contribution in [-0.2, 0) is 9.59 Å². The smallest absolute Gasteiger partial charge is 0.225 e. The molecule has 5 heteroatoms. The van der Waals surface area contributed by atoms with Gasteiger partial charge < -0.3 is 9.80 Å². The molecule has 2 amide bonds. The normalized spacial score (nSPS) is 21.2. The summed E-state index contributed by atoms with van der Waals surface area (Å²) in [6.07, 6.45) is 6.73. The molecular formula is C20H36N2O2S. The van der Waals surface area contributed by atoms with Crippen LogP contribution in [0.1, 0.15) is 72.6 Å². The van der Waals surface area contributed by atoms with E-state index in [9.17, 15) is 9.59 Å². The average molecular weight is 369 g/mol. The molecule has 144 valence electrons. The van der Waals surface area contributed by atoms with E-state index in [0.717, 1.165) is 63.9 Å². The Morgan fingerprint density at radius 3 is 2.36 bits per heavy atom. The highest BCUT2D eigenvalue weighted by atomic mass is 32.2. The Morgan fingerprint density at radius 1 is 1.12 bits per heavy atom. The number of unbranched alkanes of at least 4 members (excludes halogenated alkanes) is 1. The lowest BCUT2D eigenvalue weighted by molar-refractivity contribution is -0.140. The van der Waals surface area contributed by atoms with Gasteiger partial charge in [0.1, 0.15) is 0 Å². The molecule has 0 radical (unpaired) electrons. The van der Waals surface area contributed by atoms with Crippen molar-refractivity contribution < 1.29 is 9.59 Å². The Labute approximate surface area is 158 Å². The topological polar surface area (TPSA) is 40.6 Å². The maximum atomic E-state index is 12.8. The predicted octanol–water partition coefficient (Wildman–Crippen LogP) is 4.14. The minimum absolute atomic E-state index is 0.0477. The Kier molecular flexibility index (Phi) is 7.66. The molecule has 0 aromatic heterocycles. The molecule has 0 saturated carbocycles. The second-order valence-electron chi connectivity index (χ2n) is 8.01. The third-order valence-electron chi connectivity index (χ3n) is 5.67. The number of thioether (sulfide) groups is 1. The molecule has 0 aromatic rings. The predicted molar refractivity (Wildman–Crippen MR) is 105 cm³/mol. The molecule has 2 aliphatic heterocycles. The SMILES string of the molecule is CCCC[C@H](CC)C(=O)N1CCC2(CC1)SCCN2C(=O)CC(C)C. The highest BCUT2D eigenvalue weighted by molar-refractivity contribution is 8.00. The second-order valence-corrected chi connectivity index (χ2v) is 9.47. The van der Waals surface area contributed by atoms with Gasteiger partial charge in [0.25, 0.3) is 0 Å². The van der Waals surface area contributed by atoms with E-state index in [1.807, 2.05) is 11.8 Å². The molecule has 1 spiro atoms. The van der Waals surface area contributed by atoms with E-state index in [0.29, 0.717) is 24.2 Å². The van der Waals surface area contributed by atoms with Crippen molar-refractivity contribution in [1.29, 1.82) is 0 Å². The van der Waals surface area contributed by atoms with Gasteiger partial charge in [-0.15, -0.1) is 11.8 Å². The van der Waals surface area contributed by atoms with Crippen LogP contribution in [0.3, 0.4) is 0 Å². The first kappa shape index (κ1) is 20.6. The minimum atomic E-state index is -0.0477. The maximum absolute atomic E-state index is 12.8. The summed E-state index contributed by atoms with van der Waals surface area (Å²) < 4.78 is 0. The fourth-order valence-electron chi connectivity index (χ4n) is 4.12. The largest absolute Gasteiger partial charge is 0.342 e. The Morgan fingerprint density at radius 2 is 1.80 bits per heavy atom. The van der Waals surface area contributed by atoms with Gasteiger partial charge in [-0.3, -0.25) is 9.59 Å². The van der Waals surface area contributed by atoms with Crippen LogP contribution in [-0.4, -0.2) is 51.9 Å². The van der Waals surface area contributed by atoms with Gasteiger partial charge in [0.2, 0.25) is 11.8 Å². The van der Waals surface area contributed by atoms with Gasteiger partial charge in [0.05, 0.1) is 4.87 Å². The van der Waals surface area contributed by atoms with Crippen molar-refractivity contribution in [2.45, 2.75) is 77.5 Å². The zero-order valence-electron chi connectivity index (χ0n) is 16.6. The summed E-state index contributed by atoms with van der Waals surface area (Å²) in [7, 11) is 0. The van der Waals surface area contributed by atoms with E-state index in [-0.39, 0.29) is 10.8 Å². The summed E-state index contributed by atoms with van der Waals surface area (Å²) in [6, 6.07) is 0. The molecule has 2 fully saturated rings. The van der Waals surface area contributed by atoms with E-state index in [4.69, 9.17) is 0 Å². The Balaban J connectivity index is 1.95. The molecule has 2 rings (SSSR count). The van der Waals surface area contributed by atoms with E-state index in [2.05, 4.69) is 37.5 Å². The number of hydrogen-bond acceptors (Lipinski definition) is 3. The number of carbonyl (C=O) groups excluding carboxylic acids is 2. The van der Waals surface area contributed by atoms with Gasteiger partial charge in [-0.05, 0) is 31.6 Å². The fraction of sp³-hybridized carbons (Fsp3) is 0.900. The lowest BCUT2D eigenvalue weighted by Crippen LogP contribution is -2.54. The zero-order chi connectivity index (χ0) is 18.4. The summed E-state index contributed by atoms with van der Waals surface area (Å²) in [5, 5.41) is 0. The van der Waals surface area contributed by atoms with Gasteiger partial charge in [0, 0.05) is 37.7 Å². The van der Waals surface area contributed by atoms with Crippen molar-refractivity contribution in [3.63, 3.8) is 0 Å². The molecule has 0 bridgehead atoms.